The summed E-state index contributed by atoms with van der Waals surface area (Å²) >= 11 is 0. The molecule has 0 atom stereocenters. The molecule has 1 aliphatic rings. The number of nitrogens with zero attached hydrogens (tertiary/aromatic N) is 3. The van der Waals surface area contributed by atoms with Crippen molar-refractivity contribution in [2.45, 2.75) is 6.61 Å². The van der Waals surface area contributed by atoms with E-state index in [4.69, 9.17) is 24.5 Å². The summed E-state index contributed by atoms with van der Waals surface area (Å²) in [5, 5.41) is 3.50. The number of rotatable bonds is 4. The lowest BCUT2D eigenvalue weighted by atomic mass is 10.0. The van der Waals surface area contributed by atoms with Crippen LogP contribution in [0.5, 0.6) is 17.2 Å². The van der Waals surface area contributed by atoms with Crippen LogP contribution in [-0.2, 0) is 11.3 Å². The number of hydrogen-bond acceptors (Lipinski definition) is 6. The van der Waals surface area contributed by atoms with Gasteiger partial charge in [0.15, 0.2) is 11.5 Å². The molecule has 1 aromatic carbocycles. The van der Waals surface area contributed by atoms with Gasteiger partial charge in [0.05, 0.1) is 38.1 Å². The molecule has 0 fully saturated rings. The Morgan fingerprint density at radius 2 is 1.79 bits per heavy atom. The van der Waals surface area contributed by atoms with Crippen LogP contribution in [0.1, 0.15) is 15.9 Å². The highest BCUT2D eigenvalue weighted by Crippen LogP contribution is 2.51. The Bertz CT molecular complexity index is 593. The van der Waals surface area contributed by atoms with Crippen LogP contribution in [0.15, 0.2) is 5.11 Å². The maximum Gasteiger partial charge on any atom is 0.339 e. The molecule has 100 valence electrons. The number of fused-ring (bicyclic) bond motifs is 1. The van der Waals surface area contributed by atoms with Gasteiger partial charge in [-0.05, 0) is 5.53 Å². The fraction of sp³-hybridized carbons (Fsp3) is 0.364. The number of carbonyl (C=O) groups excluding carboxylic acids is 1. The second-order valence-electron chi connectivity index (χ2n) is 3.57. The molecule has 8 heteroatoms. The van der Waals surface area contributed by atoms with Crippen molar-refractivity contribution < 1.29 is 23.7 Å². The van der Waals surface area contributed by atoms with E-state index < -0.39 is 5.97 Å². The van der Waals surface area contributed by atoms with Crippen LogP contribution in [0.3, 0.4) is 0 Å². The number of methoxy groups -OCH3 is 3. The number of carbonyl (C=O) groups is 1. The van der Waals surface area contributed by atoms with Crippen LogP contribution in [0.2, 0.25) is 0 Å². The number of cyclic esters (lactones) is 1. The van der Waals surface area contributed by atoms with Gasteiger partial charge in [0.2, 0.25) is 5.75 Å². The van der Waals surface area contributed by atoms with Crippen molar-refractivity contribution in [3.63, 3.8) is 0 Å². The molecule has 1 aliphatic heterocycles. The Balaban J connectivity index is 2.90. The van der Waals surface area contributed by atoms with Crippen molar-refractivity contribution in [2.75, 3.05) is 21.3 Å². The number of azide groups is 1. The number of benzene rings is 1. The van der Waals surface area contributed by atoms with Gasteiger partial charge < -0.3 is 18.9 Å². The van der Waals surface area contributed by atoms with E-state index >= 15 is 0 Å². The maximum atomic E-state index is 11.7. The molecule has 0 N–H and O–H groups in total. The SMILES string of the molecule is COc1c2c(c(N=[N+]=[N-])c(OC)c1OC)C(=O)OC2. The molecule has 0 aromatic heterocycles. The van der Waals surface area contributed by atoms with Crippen LogP contribution in [0.4, 0.5) is 5.69 Å². The smallest absolute Gasteiger partial charge is 0.339 e. The highest BCUT2D eigenvalue weighted by Gasteiger charge is 2.34. The summed E-state index contributed by atoms with van der Waals surface area (Å²) < 4.78 is 20.5. The predicted molar refractivity (Wildman–Crippen MR) is 64.0 cm³/mol. The molecule has 8 nitrogen and oxygen atoms in total. The largest absolute Gasteiger partial charge is 0.492 e. The molecule has 0 saturated carbocycles. The van der Waals surface area contributed by atoms with Gasteiger partial charge in [-0.25, -0.2) is 4.79 Å². The second kappa shape index (κ2) is 4.95. The standard InChI is InChI=1S/C11H11N3O5/c1-16-8-5-4-19-11(15)6(5)7(13-14-12)9(17-2)10(8)18-3/h4H2,1-3H3. The van der Waals surface area contributed by atoms with E-state index in [1.165, 1.54) is 21.3 Å². The van der Waals surface area contributed by atoms with Gasteiger partial charge in [-0.3, -0.25) is 0 Å². The summed E-state index contributed by atoms with van der Waals surface area (Å²) in [5.41, 5.74) is 9.29. The fourth-order valence-corrected chi connectivity index (χ4v) is 2.02. The first-order valence-electron chi connectivity index (χ1n) is 5.26. The molecule has 19 heavy (non-hydrogen) atoms. The van der Waals surface area contributed by atoms with Crippen molar-refractivity contribution >= 4 is 11.7 Å². The van der Waals surface area contributed by atoms with Crippen molar-refractivity contribution in [1.29, 1.82) is 0 Å². The molecule has 0 unspecified atom stereocenters. The zero-order valence-electron chi connectivity index (χ0n) is 10.6. The maximum absolute atomic E-state index is 11.7. The molecular formula is C11H11N3O5. The molecule has 0 bridgehead atoms. The highest BCUT2D eigenvalue weighted by molar-refractivity contribution is 6.02. The lowest BCUT2D eigenvalue weighted by Gasteiger charge is -2.16. The minimum absolute atomic E-state index is 0.0334. The van der Waals surface area contributed by atoms with Gasteiger partial charge in [-0.2, -0.15) is 0 Å². The van der Waals surface area contributed by atoms with Crippen LogP contribution in [0, 0.1) is 0 Å². The van der Waals surface area contributed by atoms with E-state index in [0.29, 0.717) is 11.3 Å². The summed E-state index contributed by atoms with van der Waals surface area (Å²) in [5.74, 6) is 0.132. The Morgan fingerprint density at radius 1 is 1.16 bits per heavy atom. The Morgan fingerprint density at radius 3 is 2.32 bits per heavy atom. The van der Waals surface area contributed by atoms with Crippen molar-refractivity contribution in [3.8, 4) is 17.2 Å². The first-order chi connectivity index (χ1) is 9.19. The summed E-state index contributed by atoms with van der Waals surface area (Å²) in [6.45, 7) is 0.0334. The van der Waals surface area contributed by atoms with E-state index in [1.54, 1.807) is 0 Å². The lowest BCUT2D eigenvalue weighted by molar-refractivity contribution is 0.0534. The molecule has 0 saturated heterocycles. The monoisotopic (exact) mass is 265 g/mol. The summed E-state index contributed by atoms with van der Waals surface area (Å²) in [6.07, 6.45) is 0. The zero-order valence-corrected chi connectivity index (χ0v) is 10.6. The molecule has 2 rings (SSSR count). The van der Waals surface area contributed by atoms with E-state index in [2.05, 4.69) is 10.0 Å². The van der Waals surface area contributed by atoms with Gasteiger partial charge >= 0.3 is 5.97 Å². The molecule has 0 aliphatic carbocycles. The highest BCUT2D eigenvalue weighted by atomic mass is 16.5. The first kappa shape index (κ1) is 12.8. The Hall–Kier alpha value is -2.60. The third-order valence-corrected chi connectivity index (χ3v) is 2.75. The lowest BCUT2D eigenvalue weighted by Crippen LogP contribution is -2.02. The topological polar surface area (TPSA) is 103 Å². The molecule has 0 amide bonds. The van der Waals surface area contributed by atoms with Crippen molar-refractivity contribution in [2.24, 2.45) is 5.11 Å². The summed E-state index contributed by atoms with van der Waals surface area (Å²) in [6, 6.07) is 0. The van der Waals surface area contributed by atoms with Gasteiger partial charge in [0.25, 0.3) is 0 Å². The van der Waals surface area contributed by atoms with Gasteiger partial charge in [0, 0.05) is 4.91 Å². The third kappa shape index (κ3) is 1.78. The normalized spacial score (nSPS) is 12.3. The fourth-order valence-electron chi connectivity index (χ4n) is 2.02. The van der Waals surface area contributed by atoms with E-state index in [-0.39, 0.29) is 29.4 Å². The summed E-state index contributed by atoms with van der Waals surface area (Å²) in [4.78, 5) is 14.4. The number of ether oxygens (including phenoxy) is 4. The van der Waals surface area contributed by atoms with E-state index in [9.17, 15) is 4.79 Å². The second-order valence-corrected chi connectivity index (χ2v) is 3.57. The van der Waals surface area contributed by atoms with Gasteiger partial charge in [-0.1, -0.05) is 5.11 Å². The zero-order chi connectivity index (χ0) is 14.0. The first-order valence-corrected chi connectivity index (χ1v) is 5.26. The predicted octanol–water partition coefficient (Wildman–Crippen LogP) is 2.32. The minimum Gasteiger partial charge on any atom is -0.492 e. The van der Waals surface area contributed by atoms with Crippen LogP contribution in [0.25, 0.3) is 10.4 Å². The molecule has 1 heterocycles. The van der Waals surface area contributed by atoms with Crippen LogP contribution in [-0.4, -0.2) is 27.3 Å². The van der Waals surface area contributed by atoms with Gasteiger partial charge in [-0.15, -0.1) is 0 Å². The average molecular weight is 265 g/mol. The Labute approximate surface area is 108 Å². The third-order valence-electron chi connectivity index (χ3n) is 2.75. The van der Waals surface area contributed by atoms with Crippen LogP contribution < -0.4 is 14.2 Å². The van der Waals surface area contributed by atoms with E-state index in [1.807, 2.05) is 0 Å². The quantitative estimate of drug-likeness (QED) is 0.359. The van der Waals surface area contributed by atoms with E-state index in [0.717, 1.165) is 0 Å². The number of hydrogen-bond donors (Lipinski definition) is 0. The molecule has 1 aromatic rings. The molecule has 0 spiro atoms. The van der Waals surface area contributed by atoms with Crippen LogP contribution >= 0.6 is 0 Å². The van der Waals surface area contributed by atoms with Crippen molar-refractivity contribution in [3.05, 3.63) is 21.6 Å². The molecular weight excluding hydrogens is 254 g/mol. The summed E-state index contributed by atoms with van der Waals surface area (Å²) in [7, 11) is 4.23. The van der Waals surface area contributed by atoms with Gasteiger partial charge in [0.1, 0.15) is 6.61 Å². The average Bonchev–Trinajstić information content (AvgIpc) is 2.80. The number of esters is 1. The van der Waals surface area contributed by atoms with Crippen molar-refractivity contribution in [1.82, 2.24) is 0 Å². The Kier molecular flexibility index (Phi) is 3.35. The minimum atomic E-state index is -0.586. The molecule has 0 radical (unpaired) electrons.